The second-order valence-corrected chi connectivity index (χ2v) is 7.42. The van der Waals surface area contributed by atoms with Crippen LogP contribution < -0.4 is 5.32 Å². The van der Waals surface area contributed by atoms with Crippen molar-refractivity contribution in [3.8, 4) is 0 Å². The Kier molecular flexibility index (Phi) is 5.36. The highest BCUT2D eigenvalue weighted by atomic mass is 32.1. The van der Waals surface area contributed by atoms with Crippen molar-refractivity contribution in [2.45, 2.75) is 51.7 Å². The molecule has 1 saturated carbocycles. The average Bonchev–Trinajstić information content (AvgIpc) is 2.93. The molecule has 5 nitrogen and oxygen atoms in total. The summed E-state index contributed by atoms with van der Waals surface area (Å²) < 4.78 is 44.2. The number of alkyl halides is 3. The minimum Gasteiger partial charge on any atom is -0.462 e. The van der Waals surface area contributed by atoms with E-state index in [0.717, 1.165) is 0 Å². The summed E-state index contributed by atoms with van der Waals surface area (Å²) in [5, 5.41) is 3.83. The molecule has 0 saturated heterocycles. The van der Waals surface area contributed by atoms with Crippen molar-refractivity contribution in [2.75, 3.05) is 11.9 Å². The van der Waals surface area contributed by atoms with Crippen molar-refractivity contribution < 1.29 is 22.7 Å². The predicted molar refractivity (Wildman–Crippen MR) is 93.5 cm³/mol. The summed E-state index contributed by atoms with van der Waals surface area (Å²) in [5.41, 5.74) is 0.690. The number of esters is 1. The fourth-order valence-corrected chi connectivity index (χ4v) is 4.43. The van der Waals surface area contributed by atoms with Crippen LogP contribution >= 0.6 is 11.3 Å². The van der Waals surface area contributed by atoms with Gasteiger partial charge in [0.05, 0.1) is 17.9 Å². The van der Waals surface area contributed by atoms with Crippen LogP contribution in [-0.4, -0.2) is 34.8 Å². The van der Waals surface area contributed by atoms with Crippen molar-refractivity contribution >= 4 is 33.3 Å². The lowest BCUT2D eigenvalue weighted by Gasteiger charge is -2.31. The van der Waals surface area contributed by atoms with Crippen LogP contribution in [0.4, 0.5) is 19.0 Å². The van der Waals surface area contributed by atoms with Gasteiger partial charge in [0.1, 0.15) is 21.9 Å². The molecule has 2 aromatic heterocycles. The number of rotatable bonds is 4. The van der Waals surface area contributed by atoms with E-state index in [1.165, 1.54) is 17.7 Å². The molecule has 0 unspecified atom stereocenters. The summed E-state index contributed by atoms with van der Waals surface area (Å²) in [5.74, 6) is -1.23. The highest BCUT2D eigenvalue weighted by Gasteiger charge is 2.42. The first kappa shape index (κ1) is 18.9. The largest absolute Gasteiger partial charge is 0.462 e. The number of nitrogens with one attached hydrogen (secondary N) is 1. The van der Waals surface area contributed by atoms with Gasteiger partial charge in [0.25, 0.3) is 0 Å². The summed E-state index contributed by atoms with van der Waals surface area (Å²) in [6.45, 7) is 3.77. The quantitative estimate of drug-likeness (QED) is 0.770. The van der Waals surface area contributed by atoms with E-state index in [-0.39, 0.29) is 25.5 Å². The molecule has 0 radical (unpaired) electrons. The first-order chi connectivity index (χ1) is 12.3. The zero-order valence-corrected chi connectivity index (χ0v) is 15.3. The van der Waals surface area contributed by atoms with Crippen LogP contribution in [0.2, 0.25) is 0 Å². The van der Waals surface area contributed by atoms with Crippen LogP contribution in [0.1, 0.15) is 47.8 Å². The summed E-state index contributed by atoms with van der Waals surface area (Å²) in [6, 6.07) is -0.307. The molecular formula is C17H20F3N3O2S. The maximum atomic E-state index is 13.0. The van der Waals surface area contributed by atoms with E-state index in [4.69, 9.17) is 4.74 Å². The Morgan fingerprint density at radius 1 is 1.38 bits per heavy atom. The van der Waals surface area contributed by atoms with Crippen LogP contribution in [-0.2, 0) is 4.74 Å². The summed E-state index contributed by atoms with van der Waals surface area (Å²) in [6.07, 6.45) is -1.43. The Bertz CT molecular complexity index is 806. The lowest BCUT2D eigenvalue weighted by atomic mass is 9.85. The van der Waals surface area contributed by atoms with Gasteiger partial charge in [0, 0.05) is 6.04 Å². The second-order valence-electron chi connectivity index (χ2n) is 6.43. The van der Waals surface area contributed by atoms with Crippen molar-refractivity contribution in [1.82, 2.24) is 9.97 Å². The number of anilines is 1. The van der Waals surface area contributed by atoms with E-state index < -0.39 is 18.1 Å². The number of aryl methyl sites for hydroxylation is 1. The first-order valence-corrected chi connectivity index (χ1v) is 9.37. The number of aromatic nitrogens is 2. The molecule has 1 aliphatic carbocycles. The second kappa shape index (κ2) is 7.38. The average molecular weight is 387 g/mol. The molecule has 0 bridgehead atoms. The number of nitrogens with zero attached hydrogens (tertiary/aromatic N) is 2. The van der Waals surface area contributed by atoms with E-state index >= 15 is 0 Å². The molecule has 9 heteroatoms. The van der Waals surface area contributed by atoms with Gasteiger partial charge in [-0.25, -0.2) is 14.8 Å². The van der Waals surface area contributed by atoms with Gasteiger partial charge in [-0.2, -0.15) is 13.2 Å². The third kappa shape index (κ3) is 3.77. The SMILES string of the molecule is CCOC(=O)c1sc2ncnc(N[C@@H]3CCC[C@H](C(F)(F)F)C3)c2c1C. The van der Waals surface area contributed by atoms with Gasteiger partial charge in [-0.15, -0.1) is 11.3 Å². The fraction of sp³-hybridized carbons (Fsp3) is 0.588. The normalized spacial score (nSPS) is 21.0. The predicted octanol–water partition coefficient (Wildman–Crippen LogP) is 4.71. The highest BCUT2D eigenvalue weighted by molar-refractivity contribution is 7.20. The van der Waals surface area contributed by atoms with E-state index in [9.17, 15) is 18.0 Å². The standard InChI is InChI=1S/C17H20F3N3O2S/c1-3-25-16(24)13-9(2)12-14(21-8-22-15(12)26-13)23-11-6-4-5-10(7-11)17(18,19)20/h8,10-11H,3-7H2,1-2H3,(H,21,22,23)/t10-,11+/m0/s1. The van der Waals surface area contributed by atoms with E-state index in [1.807, 2.05) is 0 Å². The molecule has 0 aromatic carbocycles. The highest BCUT2D eigenvalue weighted by Crippen LogP contribution is 2.39. The molecule has 2 aromatic rings. The number of carbonyl (C=O) groups is 1. The topological polar surface area (TPSA) is 64.1 Å². The summed E-state index contributed by atoms with van der Waals surface area (Å²) >= 11 is 1.21. The van der Waals surface area contributed by atoms with Crippen LogP contribution in [0.5, 0.6) is 0 Å². The zero-order chi connectivity index (χ0) is 18.9. The maximum absolute atomic E-state index is 13.0. The number of halogens is 3. The van der Waals surface area contributed by atoms with E-state index in [2.05, 4.69) is 15.3 Å². The van der Waals surface area contributed by atoms with Crippen molar-refractivity contribution in [2.24, 2.45) is 5.92 Å². The van der Waals surface area contributed by atoms with Gasteiger partial charge in [0.15, 0.2) is 0 Å². The molecule has 142 valence electrons. The zero-order valence-electron chi connectivity index (χ0n) is 14.5. The van der Waals surface area contributed by atoms with Gasteiger partial charge in [0.2, 0.25) is 0 Å². The number of ether oxygens (including phenoxy) is 1. The van der Waals surface area contributed by atoms with Crippen LogP contribution in [0.3, 0.4) is 0 Å². The van der Waals surface area contributed by atoms with Crippen LogP contribution in [0, 0.1) is 12.8 Å². The number of fused-ring (bicyclic) bond motifs is 1. The van der Waals surface area contributed by atoms with E-state index in [0.29, 0.717) is 39.3 Å². The molecule has 1 fully saturated rings. The van der Waals surface area contributed by atoms with Crippen molar-refractivity contribution in [1.29, 1.82) is 0 Å². The Labute approximate surface area is 153 Å². The van der Waals surface area contributed by atoms with Gasteiger partial charge in [-0.1, -0.05) is 6.42 Å². The third-order valence-corrected chi connectivity index (χ3v) is 5.85. The van der Waals surface area contributed by atoms with Crippen LogP contribution in [0.25, 0.3) is 10.2 Å². The fourth-order valence-electron chi connectivity index (χ4n) is 3.38. The Morgan fingerprint density at radius 3 is 2.85 bits per heavy atom. The van der Waals surface area contributed by atoms with Gasteiger partial charge in [-0.3, -0.25) is 0 Å². The summed E-state index contributed by atoms with van der Waals surface area (Å²) in [7, 11) is 0. The number of hydrogen-bond acceptors (Lipinski definition) is 6. The van der Waals surface area contributed by atoms with Gasteiger partial charge >= 0.3 is 12.1 Å². The lowest BCUT2D eigenvalue weighted by molar-refractivity contribution is -0.182. The molecule has 2 heterocycles. The first-order valence-electron chi connectivity index (χ1n) is 8.55. The van der Waals surface area contributed by atoms with Crippen LogP contribution in [0.15, 0.2) is 6.33 Å². The Hall–Kier alpha value is -1.90. The number of carbonyl (C=O) groups excluding carboxylic acids is 1. The van der Waals surface area contributed by atoms with Gasteiger partial charge < -0.3 is 10.1 Å². The molecule has 0 spiro atoms. The smallest absolute Gasteiger partial charge is 0.391 e. The molecule has 3 rings (SSSR count). The molecule has 1 aliphatic rings. The lowest BCUT2D eigenvalue weighted by Crippen LogP contribution is -2.34. The maximum Gasteiger partial charge on any atom is 0.391 e. The van der Waals surface area contributed by atoms with Gasteiger partial charge in [-0.05, 0) is 38.7 Å². The number of thiophene rings is 1. The summed E-state index contributed by atoms with van der Waals surface area (Å²) in [4.78, 5) is 21.6. The molecular weight excluding hydrogens is 367 g/mol. The Morgan fingerprint density at radius 2 is 2.15 bits per heavy atom. The minimum atomic E-state index is -4.17. The Balaban J connectivity index is 1.87. The molecule has 0 amide bonds. The molecule has 2 atom stereocenters. The number of hydrogen-bond donors (Lipinski definition) is 1. The van der Waals surface area contributed by atoms with E-state index in [1.54, 1.807) is 13.8 Å². The molecule has 1 N–H and O–H groups in total. The monoisotopic (exact) mass is 387 g/mol. The minimum absolute atomic E-state index is 0.0307. The van der Waals surface area contributed by atoms with Crippen molar-refractivity contribution in [3.05, 3.63) is 16.8 Å². The molecule has 0 aliphatic heterocycles. The third-order valence-electron chi connectivity index (χ3n) is 4.67. The van der Waals surface area contributed by atoms with Crippen molar-refractivity contribution in [3.63, 3.8) is 0 Å². The molecule has 26 heavy (non-hydrogen) atoms.